The summed E-state index contributed by atoms with van der Waals surface area (Å²) < 4.78 is 0. The van der Waals surface area contributed by atoms with E-state index < -0.39 is 0 Å². The van der Waals surface area contributed by atoms with Crippen molar-refractivity contribution in [3.63, 3.8) is 0 Å². The summed E-state index contributed by atoms with van der Waals surface area (Å²) in [5.41, 5.74) is 0. The zero-order valence-corrected chi connectivity index (χ0v) is 7.78. The molecule has 0 radical (unpaired) electrons. The van der Waals surface area contributed by atoms with E-state index in [-0.39, 0.29) is 11.8 Å². The Labute approximate surface area is 72.7 Å². The third-order valence-corrected chi connectivity index (χ3v) is 1.66. The summed E-state index contributed by atoms with van der Waals surface area (Å²) in [6.07, 6.45) is 3.08. The predicted octanol–water partition coefficient (Wildman–Crippen LogP) is 2.44. The Kier molecular flexibility index (Phi) is 5.90. The van der Waals surface area contributed by atoms with Crippen LogP contribution in [0.15, 0.2) is 4.99 Å². The Morgan fingerprint density at radius 3 is 2.82 bits per heavy atom. The molecule has 1 atom stereocenters. The number of unbranched alkanes of at least 4 members (excludes halogenated alkanes) is 1. The molecule has 0 aromatic carbocycles. The van der Waals surface area contributed by atoms with E-state index in [2.05, 4.69) is 29.3 Å². The molecule has 0 aliphatic carbocycles. The van der Waals surface area contributed by atoms with Gasteiger partial charge >= 0.3 is 0 Å². The lowest BCUT2D eigenvalue weighted by molar-refractivity contribution is -0.121. The third kappa shape index (κ3) is 4.82. The molecule has 2 nitrogen and oxygen atoms in total. The summed E-state index contributed by atoms with van der Waals surface area (Å²) in [5, 5.41) is 2.08. The topological polar surface area (TPSA) is 29.4 Å². The predicted molar refractivity (Wildman–Crippen MR) is 48.7 cm³/mol. The van der Waals surface area contributed by atoms with Gasteiger partial charge in [0, 0.05) is 5.92 Å². The second-order valence-corrected chi connectivity index (χ2v) is 2.77. The van der Waals surface area contributed by atoms with Gasteiger partial charge in [-0.1, -0.05) is 26.7 Å². The van der Waals surface area contributed by atoms with Gasteiger partial charge in [-0.25, -0.2) is 0 Å². The van der Waals surface area contributed by atoms with E-state index >= 15 is 0 Å². The molecular weight excluding hydrogens is 158 g/mol. The second-order valence-electron chi connectivity index (χ2n) is 2.58. The molecule has 0 aliphatic rings. The van der Waals surface area contributed by atoms with Crippen molar-refractivity contribution in [2.24, 2.45) is 10.9 Å². The number of carbonyl (C=O) groups is 1. The summed E-state index contributed by atoms with van der Waals surface area (Å²) in [5.74, 6) is -0.140. The Balaban J connectivity index is 3.73. The number of nitrogens with zero attached hydrogens (tertiary/aromatic N) is 1. The lowest BCUT2D eigenvalue weighted by atomic mass is 10.0. The van der Waals surface area contributed by atoms with Crippen molar-refractivity contribution in [1.29, 1.82) is 0 Å². The van der Waals surface area contributed by atoms with Crippen molar-refractivity contribution in [2.75, 3.05) is 0 Å². The van der Waals surface area contributed by atoms with Crippen molar-refractivity contribution in [3.8, 4) is 0 Å². The fourth-order valence-electron chi connectivity index (χ4n) is 0.789. The van der Waals surface area contributed by atoms with Crippen molar-refractivity contribution in [2.45, 2.75) is 33.1 Å². The Bertz CT molecular complexity index is 173. The number of amides is 1. The van der Waals surface area contributed by atoms with Crippen molar-refractivity contribution in [3.05, 3.63) is 0 Å². The van der Waals surface area contributed by atoms with Crippen LogP contribution in [0.4, 0.5) is 0 Å². The van der Waals surface area contributed by atoms with Crippen LogP contribution in [0.1, 0.15) is 33.1 Å². The van der Waals surface area contributed by atoms with Gasteiger partial charge in [0.2, 0.25) is 0 Å². The van der Waals surface area contributed by atoms with Gasteiger partial charge in [0.25, 0.3) is 5.91 Å². The zero-order valence-electron chi connectivity index (χ0n) is 6.96. The van der Waals surface area contributed by atoms with Crippen LogP contribution in [0.5, 0.6) is 0 Å². The molecule has 3 heteroatoms. The van der Waals surface area contributed by atoms with E-state index in [1.54, 1.807) is 0 Å². The van der Waals surface area contributed by atoms with E-state index in [1.165, 1.54) is 0 Å². The highest BCUT2D eigenvalue weighted by Crippen LogP contribution is 2.08. The fraction of sp³-hybridized carbons (Fsp3) is 0.750. The van der Waals surface area contributed by atoms with Crippen molar-refractivity contribution < 1.29 is 4.79 Å². The first-order chi connectivity index (χ1) is 5.22. The van der Waals surface area contributed by atoms with Gasteiger partial charge in [-0.05, 0) is 18.6 Å². The highest BCUT2D eigenvalue weighted by atomic mass is 32.1. The van der Waals surface area contributed by atoms with E-state index in [0.717, 1.165) is 19.3 Å². The molecule has 1 amide bonds. The Morgan fingerprint density at radius 2 is 2.36 bits per heavy atom. The molecule has 0 spiro atoms. The average Bonchev–Trinajstić information content (AvgIpc) is 2.00. The molecule has 0 aliphatic heterocycles. The van der Waals surface area contributed by atoms with Crippen molar-refractivity contribution >= 4 is 23.3 Å². The first-order valence-electron chi connectivity index (χ1n) is 3.84. The number of hydrogen-bond acceptors (Lipinski definition) is 2. The molecule has 11 heavy (non-hydrogen) atoms. The van der Waals surface area contributed by atoms with Crippen LogP contribution in [0.3, 0.4) is 0 Å². The molecule has 0 aromatic heterocycles. The Morgan fingerprint density at radius 1 is 1.73 bits per heavy atom. The monoisotopic (exact) mass is 171 g/mol. The van der Waals surface area contributed by atoms with Crippen molar-refractivity contribution in [1.82, 2.24) is 0 Å². The van der Waals surface area contributed by atoms with Gasteiger partial charge in [-0.3, -0.25) is 4.79 Å². The average molecular weight is 171 g/mol. The van der Waals surface area contributed by atoms with Gasteiger partial charge in [0.15, 0.2) is 0 Å². The summed E-state index contributed by atoms with van der Waals surface area (Å²) in [6.45, 7) is 3.97. The fourth-order valence-corrected chi connectivity index (χ4v) is 0.879. The smallest absolute Gasteiger partial charge is 0.257 e. The molecule has 62 valence electrons. The summed E-state index contributed by atoms with van der Waals surface area (Å²) in [6, 6.07) is 0. The molecule has 0 saturated heterocycles. The third-order valence-electron chi connectivity index (χ3n) is 1.57. The lowest BCUT2D eigenvalue weighted by Crippen LogP contribution is -2.07. The highest BCUT2D eigenvalue weighted by molar-refractivity contribution is 7.78. The Hall–Kier alpha value is -0.530. The highest BCUT2D eigenvalue weighted by Gasteiger charge is 2.09. The molecule has 0 heterocycles. The summed E-state index contributed by atoms with van der Waals surface area (Å²) >= 11 is 4.32. The second kappa shape index (κ2) is 6.20. The minimum absolute atomic E-state index is 0.00500. The van der Waals surface area contributed by atoms with Crippen LogP contribution in [-0.4, -0.2) is 11.1 Å². The van der Waals surface area contributed by atoms with Gasteiger partial charge < -0.3 is 0 Å². The summed E-state index contributed by atoms with van der Waals surface area (Å²) in [7, 11) is 0. The van der Waals surface area contributed by atoms with E-state index in [9.17, 15) is 4.79 Å². The maximum absolute atomic E-state index is 11.0. The number of thiocarbonyl (C=S) groups is 1. The van der Waals surface area contributed by atoms with E-state index in [0.29, 0.717) is 0 Å². The molecule has 0 aromatic rings. The number of hydrogen-bond donors (Lipinski definition) is 0. The lowest BCUT2D eigenvalue weighted by Gasteiger charge is -2.02. The largest absolute Gasteiger partial charge is 0.272 e. The SMILES string of the molecule is CCCCC(C)C(=O)N=C=S. The molecule has 1 unspecified atom stereocenters. The maximum Gasteiger partial charge on any atom is 0.257 e. The van der Waals surface area contributed by atoms with E-state index in [4.69, 9.17) is 0 Å². The number of rotatable bonds is 4. The maximum atomic E-state index is 11.0. The van der Waals surface area contributed by atoms with Crippen LogP contribution in [0.2, 0.25) is 0 Å². The van der Waals surface area contributed by atoms with Crippen LogP contribution < -0.4 is 0 Å². The first kappa shape index (κ1) is 10.5. The van der Waals surface area contributed by atoms with Gasteiger partial charge in [-0.2, -0.15) is 4.99 Å². The molecule has 0 saturated carbocycles. The number of aliphatic imine (C=N–C) groups is 1. The van der Waals surface area contributed by atoms with Crippen LogP contribution >= 0.6 is 12.2 Å². The summed E-state index contributed by atoms with van der Waals surface area (Å²) in [4.78, 5) is 14.4. The minimum Gasteiger partial charge on any atom is -0.272 e. The molecule has 0 fully saturated rings. The molecule has 0 bridgehead atoms. The quantitative estimate of drug-likeness (QED) is 0.480. The van der Waals surface area contributed by atoms with Gasteiger partial charge in [-0.15, -0.1) is 0 Å². The van der Waals surface area contributed by atoms with Crippen LogP contribution in [-0.2, 0) is 4.79 Å². The number of isothiocyanates is 1. The normalized spacial score (nSPS) is 11.8. The number of carbonyl (C=O) groups excluding carboxylic acids is 1. The van der Waals surface area contributed by atoms with Gasteiger partial charge in [0.1, 0.15) is 0 Å². The van der Waals surface area contributed by atoms with Crippen LogP contribution in [0.25, 0.3) is 0 Å². The molecule has 0 rings (SSSR count). The molecular formula is C8H13NOS. The zero-order chi connectivity index (χ0) is 8.69. The first-order valence-corrected chi connectivity index (χ1v) is 4.25. The van der Waals surface area contributed by atoms with E-state index in [1.807, 2.05) is 6.92 Å². The van der Waals surface area contributed by atoms with Crippen LogP contribution in [0, 0.1) is 5.92 Å². The minimum atomic E-state index is -0.145. The standard InChI is InChI=1S/C8H13NOS/c1-3-4-5-7(2)8(10)9-6-11/h7H,3-5H2,1-2H3. The van der Waals surface area contributed by atoms with Gasteiger partial charge in [0.05, 0.1) is 5.16 Å². The molecule has 0 N–H and O–H groups in total.